The molecule has 1 aliphatic rings. The van der Waals surface area contributed by atoms with Gasteiger partial charge in [-0.05, 0) is 48.7 Å². The summed E-state index contributed by atoms with van der Waals surface area (Å²) in [7, 11) is 2.03. The van der Waals surface area contributed by atoms with Crippen LogP contribution in [0.5, 0.6) is 5.75 Å². The smallest absolute Gasteiger partial charge is 0.123 e. The minimum Gasteiger partial charge on any atom is -0.492 e. The number of rotatable bonds is 3. The van der Waals surface area contributed by atoms with Crippen molar-refractivity contribution in [2.45, 2.75) is 32.2 Å². The van der Waals surface area contributed by atoms with E-state index in [1.807, 2.05) is 18.4 Å². The van der Waals surface area contributed by atoms with Crippen molar-refractivity contribution in [3.63, 3.8) is 0 Å². The summed E-state index contributed by atoms with van der Waals surface area (Å²) in [6, 6.07) is 9.05. The molecule has 2 aromatic rings. The second kappa shape index (κ2) is 4.90. The van der Waals surface area contributed by atoms with Gasteiger partial charge in [0.15, 0.2) is 0 Å². The third-order valence-electron chi connectivity index (χ3n) is 4.11. The van der Waals surface area contributed by atoms with E-state index in [0.29, 0.717) is 0 Å². The Bertz CT molecular complexity index is 630. The maximum absolute atomic E-state index is 5.78. The van der Waals surface area contributed by atoms with Gasteiger partial charge in [-0.2, -0.15) is 0 Å². The molecule has 0 saturated heterocycles. The lowest BCUT2D eigenvalue weighted by Gasteiger charge is -2.20. The summed E-state index contributed by atoms with van der Waals surface area (Å²) in [5, 5.41) is 5.61. The predicted octanol–water partition coefficient (Wildman–Crippen LogP) is 4.04. The molecule has 2 nitrogen and oxygen atoms in total. The van der Waals surface area contributed by atoms with Crippen molar-refractivity contribution in [3.05, 3.63) is 51.2 Å². The van der Waals surface area contributed by atoms with Crippen LogP contribution in [0.1, 0.15) is 41.5 Å². The van der Waals surface area contributed by atoms with Crippen LogP contribution in [0.2, 0.25) is 0 Å². The van der Waals surface area contributed by atoms with Gasteiger partial charge in [-0.25, -0.2) is 0 Å². The monoisotopic (exact) mass is 287 g/mol. The van der Waals surface area contributed by atoms with Crippen molar-refractivity contribution in [2.75, 3.05) is 13.7 Å². The molecular weight excluding hydrogens is 266 g/mol. The Balaban J connectivity index is 2.04. The molecule has 0 saturated carbocycles. The van der Waals surface area contributed by atoms with E-state index in [2.05, 4.69) is 55.7 Å². The maximum atomic E-state index is 5.78. The largest absolute Gasteiger partial charge is 0.492 e. The number of benzene rings is 1. The standard InChI is InChI=1S/C17H21NOS/c1-11-7-8-20-16(11)15(18-4)12-5-6-14-13(9-12)17(2,3)10-19-14/h5-9,15,18H,10H2,1-4H3. The quantitative estimate of drug-likeness (QED) is 0.920. The fourth-order valence-electron chi connectivity index (χ4n) is 2.85. The number of hydrogen-bond acceptors (Lipinski definition) is 3. The number of thiophene rings is 1. The first kappa shape index (κ1) is 13.7. The van der Waals surface area contributed by atoms with Crippen LogP contribution in [0, 0.1) is 6.92 Å². The first-order valence-electron chi connectivity index (χ1n) is 7.01. The van der Waals surface area contributed by atoms with Gasteiger partial charge in [0.1, 0.15) is 5.75 Å². The Hall–Kier alpha value is -1.32. The zero-order chi connectivity index (χ0) is 14.3. The van der Waals surface area contributed by atoms with Crippen LogP contribution >= 0.6 is 11.3 Å². The van der Waals surface area contributed by atoms with Gasteiger partial charge >= 0.3 is 0 Å². The summed E-state index contributed by atoms with van der Waals surface area (Å²) >= 11 is 1.82. The van der Waals surface area contributed by atoms with Gasteiger partial charge in [0, 0.05) is 15.9 Å². The van der Waals surface area contributed by atoms with Crippen molar-refractivity contribution >= 4 is 11.3 Å². The molecule has 106 valence electrons. The van der Waals surface area contributed by atoms with Crippen molar-refractivity contribution < 1.29 is 4.74 Å². The van der Waals surface area contributed by atoms with Crippen LogP contribution in [0.15, 0.2) is 29.6 Å². The fourth-order valence-corrected chi connectivity index (χ4v) is 3.91. The average Bonchev–Trinajstić information content (AvgIpc) is 2.96. The topological polar surface area (TPSA) is 21.3 Å². The molecule has 0 fully saturated rings. The van der Waals surface area contributed by atoms with Gasteiger partial charge in [-0.15, -0.1) is 11.3 Å². The molecule has 0 aliphatic carbocycles. The van der Waals surface area contributed by atoms with Gasteiger partial charge < -0.3 is 10.1 Å². The molecule has 1 aromatic carbocycles. The first-order chi connectivity index (χ1) is 9.53. The summed E-state index contributed by atoms with van der Waals surface area (Å²) in [6.45, 7) is 7.44. The molecule has 1 unspecified atom stereocenters. The summed E-state index contributed by atoms with van der Waals surface area (Å²) in [5.74, 6) is 1.04. The molecule has 1 atom stereocenters. The molecule has 3 rings (SSSR count). The van der Waals surface area contributed by atoms with E-state index < -0.39 is 0 Å². The number of aryl methyl sites for hydroxylation is 1. The number of fused-ring (bicyclic) bond motifs is 1. The van der Waals surface area contributed by atoms with E-state index in [1.165, 1.54) is 21.6 Å². The SMILES string of the molecule is CNC(c1ccc2c(c1)C(C)(C)CO2)c1sccc1C. The maximum Gasteiger partial charge on any atom is 0.123 e. The van der Waals surface area contributed by atoms with Crippen molar-refractivity contribution in [3.8, 4) is 5.75 Å². The van der Waals surface area contributed by atoms with E-state index >= 15 is 0 Å². The highest BCUT2D eigenvalue weighted by Crippen LogP contribution is 2.40. The Labute approximate surface area is 124 Å². The molecule has 3 heteroatoms. The Morgan fingerprint density at radius 1 is 1.30 bits per heavy atom. The Morgan fingerprint density at radius 3 is 2.75 bits per heavy atom. The number of hydrogen-bond donors (Lipinski definition) is 1. The highest BCUT2D eigenvalue weighted by atomic mass is 32.1. The van der Waals surface area contributed by atoms with Crippen LogP contribution in [-0.2, 0) is 5.41 Å². The summed E-state index contributed by atoms with van der Waals surface area (Å²) < 4.78 is 5.78. The fraction of sp³-hybridized carbons (Fsp3) is 0.412. The predicted molar refractivity (Wildman–Crippen MR) is 84.9 cm³/mol. The molecule has 0 amide bonds. The van der Waals surface area contributed by atoms with Crippen molar-refractivity contribution in [1.29, 1.82) is 0 Å². The second-order valence-corrected chi connectivity index (χ2v) is 7.07. The molecule has 0 spiro atoms. The number of nitrogens with one attached hydrogen (secondary N) is 1. The average molecular weight is 287 g/mol. The lowest BCUT2D eigenvalue weighted by molar-refractivity contribution is 0.291. The van der Waals surface area contributed by atoms with Gasteiger partial charge in [0.05, 0.1) is 12.6 Å². The van der Waals surface area contributed by atoms with E-state index in [0.717, 1.165) is 12.4 Å². The molecular formula is C17H21NOS. The van der Waals surface area contributed by atoms with Crippen LogP contribution in [0.4, 0.5) is 0 Å². The third-order valence-corrected chi connectivity index (χ3v) is 5.19. The van der Waals surface area contributed by atoms with Gasteiger partial charge in [0.2, 0.25) is 0 Å². The molecule has 1 aliphatic heterocycles. The van der Waals surface area contributed by atoms with Crippen LogP contribution < -0.4 is 10.1 Å². The lowest BCUT2D eigenvalue weighted by atomic mass is 9.85. The molecule has 20 heavy (non-hydrogen) atoms. The van der Waals surface area contributed by atoms with Crippen molar-refractivity contribution in [1.82, 2.24) is 5.32 Å². The van der Waals surface area contributed by atoms with Gasteiger partial charge in [-0.3, -0.25) is 0 Å². The zero-order valence-corrected chi connectivity index (χ0v) is 13.3. The van der Waals surface area contributed by atoms with Crippen LogP contribution in [-0.4, -0.2) is 13.7 Å². The van der Waals surface area contributed by atoms with Crippen molar-refractivity contribution in [2.24, 2.45) is 0 Å². The summed E-state index contributed by atoms with van der Waals surface area (Å²) in [5.41, 5.74) is 4.10. The van der Waals surface area contributed by atoms with Crippen LogP contribution in [0.25, 0.3) is 0 Å². The molecule has 1 aromatic heterocycles. The summed E-state index contributed by atoms with van der Waals surface area (Å²) in [6.07, 6.45) is 0. The van der Waals surface area contributed by atoms with E-state index in [-0.39, 0.29) is 11.5 Å². The third kappa shape index (κ3) is 2.15. The molecule has 0 bridgehead atoms. The van der Waals surface area contributed by atoms with Gasteiger partial charge in [0.25, 0.3) is 0 Å². The molecule has 1 N–H and O–H groups in total. The lowest BCUT2D eigenvalue weighted by Crippen LogP contribution is -2.20. The Kier molecular flexibility index (Phi) is 3.35. The molecule has 2 heterocycles. The normalized spacial score (nSPS) is 17.6. The highest BCUT2D eigenvalue weighted by molar-refractivity contribution is 7.10. The Morgan fingerprint density at radius 2 is 2.10 bits per heavy atom. The summed E-state index contributed by atoms with van der Waals surface area (Å²) in [4.78, 5) is 1.39. The highest BCUT2D eigenvalue weighted by Gasteiger charge is 2.32. The van der Waals surface area contributed by atoms with Gasteiger partial charge in [-0.1, -0.05) is 19.9 Å². The zero-order valence-electron chi connectivity index (χ0n) is 12.5. The van der Waals surface area contributed by atoms with Crippen LogP contribution in [0.3, 0.4) is 0 Å². The van der Waals surface area contributed by atoms with E-state index in [4.69, 9.17) is 4.74 Å². The number of ether oxygens (including phenoxy) is 1. The minimum absolute atomic E-state index is 0.105. The second-order valence-electron chi connectivity index (χ2n) is 6.12. The minimum atomic E-state index is 0.105. The molecule has 0 radical (unpaired) electrons. The van der Waals surface area contributed by atoms with E-state index in [9.17, 15) is 0 Å². The van der Waals surface area contributed by atoms with E-state index in [1.54, 1.807) is 0 Å². The first-order valence-corrected chi connectivity index (χ1v) is 7.89.